The van der Waals surface area contributed by atoms with Gasteiger partial charge in [0.25, 0.3) is 5.91 Å². The number of benzene rings is 1. The zero-order chi connectivity index (χ0) is 16.9. The molecular formula is C16H24N2O4S. The van der Waals surface area contributed by atoms with Crippen LogP contribution >= 0.6 is 0 Å². The molecule has 1 aromatic carbocycles. The van der Waals surface area contributed by atoms with Crippen LogP contribution in [0.15, 0.2) is 29.2 Å². The van der Waals surface area contributed by atoms with Gasteiger partial charge in [-0.25, -0.2) is 12.7 Å². The lowest BCUT2D eigenvalue weighted by Crippen LogP contribution is -2.29. The van der Waals surface area contributed by atoms with Gasteiger partial charge in [0, 0.05) is 32.8 Å². The van der Waals surface area contributed by atoms with Gasteiger partial charge >= 0.3 is 0 Å². The van der Waals surface area contributed by atoms with E-state index in [9.17, 15) is 13.2 Å². The third-order valence-corrected chi connectivity index (χ3v) is 5.71. The molecule has 1 fully saturated rings. The topological polar surface area (TPSA) is 75.7 Å². The van der Waals surface area contributed by atoms with Gasteiger partial charge in [-0.2, -0.15) is 0 Å². The number of sulfonamides is 1. The van der Waals surface area contributed by atoms with Crippen molar-refractivity contribution in [2.24, 2.45) is 0 Å². The highest BCUT2D eigenvalue weighted by molar-refractivity contribution is 7.89. The predicted octanol–water partition coefficient (Wildman–Crippen LogP) is 1.63. The predicted molar refractivity (Wildman–Crippen MR) is 87.9 cm³/mol. The molecule has 1 heterocycles. The SMILES string of the molecule is CN(C)S(=O)(=O)c1cccc(C(=O)NCCC2CCCCO2)c1. The van der Waals surface area contributed by atoms with Crippen LogP contribution in [0.25, 0.3) is 0 Å². The Morgan fingerprint density at radius 2 is 2.13 bits per heavy atom. The van der Waals surface area contributed by atoms with E-state index in [0.717, 1.165) is 30.2 Å². The second kappa shape index (κ2) is 7.90. The molecule has 6 nitrogen and oxygen atoms in total. The summed E-state index contributed by atoms with van der Waals surface area (Å²) in [6.07, 6.45) is 4.30. The lowest BCUT2D eigenvalue weighted by atomic mass is 10.1. The number of hydrogen-bond acceptors (Lipinski definition) is 4. The minimum Gasteiger partial charge on any atom is -0.378 e. The standard InChI is InChI=1S/C16H24N2O4S/c1-18(2)23(20,21)15-8-5-6-13(12-15)16(19)17-10-9-14-7-3-4-11-22-14/h5-6,8,12,14H,3-4,7,9-11H2,1-2H3,(H,17,19). The van der Waals surface area contributed by atoms with Crippen molar-refractivity contribution in [3.8, 4) is 0 Å². The van der Waals surface area contributed by atoms with Gasteiger partial charge in [0.15, 0.2) is 0 Å². The second-order valence-electron chi connectivity index (χ2n) is 5.85. The molecule has 1 saturated heterocycles. The van der Waals surface area contributed by atoms with Crippen LogP contribution in [0.2, 0.25) is 0 Å². The Hall–Kier alpha value is -1.44. The van der Waals surface area contributed by atoms with Crippen LogP contribution in [0.4, 0.5) is 0 Å². The van der Waals surface area contributed by atoms with E-state index < -0.39 is 10.0 Å². The normalized spacial score (nSPS) is 18.8. The number of carbonyl (C=O) groups is 1. The number of nitrogens with one attached hydrogen (secondary N) is 1. The zero-order valence-corrected chi connectivity index (χ0v) is 14.4. The van der Waals surface area contributed by atoms with Gasteiger partial charge in [-0.15, -0.1) is 0 Å². The fraction of sp³-hybridized carbons (Fsp3) is 0.562. The van der Waals surface area contributed by atoms with Crippen molar-refractivity contribution in [3.05, 3.63) is 29.8 Å². The molecular weight excluding hydrogens is 316 g/mol. The van der Waals surface area contributed by atoms with Crippen molar-refractivity contribution >= 4 is 15.9 Å². The van der Waals surface area contributed by atoms with Crippen LogP contribution < -0.4 is 5.32 Å². The summed E-state index contributed by atoms with van der Waals surface area (Å²) in [7, 11) is -0.608. The summed E-state index contributed by atoms with van der Waals surface area (Å²) in [5.41, 5.74) is 0.345. The third-order valence-electron chi connectivity index (χ3n) is 3.90. The molecule has 1 atom stereocenters. The first-order valence-electron chi connectivity index (χ1n) is 7.83. The number of hydrogen-bond donors (Lipinski definition) is 1. The number of ether oxygens (including phenoxy) is 1. The second-order valence-corrected chi connectivity index (χ2v) is 8.00. The Morgan fingerprint density at radius 1 is 1.35 bits per heavy atom. The Morgan fingerprint density at radius 3 is 2.78 bits per heavy atom. The number of carbonyl (C=O) groups excluding carboxylic acids is 1. The van der Waals surface area contributed by atoms with Gasteiger partial charge in [0.05, 0.1) is 11.0 Å². The smallest absolute Gasteiger partial charge is 0.251 e. The summed E-state index contributed by atoms with van der Waals surface area (Å²) in [6, 6.07) is 6.08. The molecule has 0 radical (unpaired) electrons. The van der Waals surface area contributed by atoms with Crippen molar-refractivity contribution < 1.29 is 17.9 Å². The monoisotopic (exact) mass is 340 g/mol. The highest BCUT2D eigenvalue weighted by atomic mass is 32.2. The van der Waals surface area contributed by atoms with Gasteiger partial charge in [-0.05, 0) is 43.9 Å². The highest BCUT2D eigenvalue weighted by Gasteiger charge is 2.19. The van der Waals surface area contributed by atoms with Gasteiger partial charge in [0.1, 0.15) is 0 Å². The van der Waals surface area contributed by atoms with Crippen molar-refractivity contribution in [1.82, 2.24) is 9.62 Å². The Balaban J connectivity index is 1.94. The van der Waals surface area contributed by atoms with E-state index in [2.05, 4.69) is 5.32 Å². The molecule has 1 aliphatic heterocycles. The van der Waals surface area contributed by atoms with Gasteiger partial charge in [-0.3, -0.25) is 4.79 Å². The molecule has 0 saturated carbocycles. The Bertz CT molecular complexity index is 637. The van der Waals surface area contributed by atoms with Gasteiger partial charge in [-0.1, -0.05) is 6.07 Å². The van der Waals surface area contributed by atoms with E-state index >= 15 is 0 Å². The molecule has 0 spiro atoms. The Kier molecular flexibility index (Phi) is 6.15. The fourth-order valence-corrected chi connectivity index (χ4v) is 3.44. The molecule has 7 heteroatoms. The molecule has 2 rings (SSSR count). The minimum atomic E-state index is -3.54. The van der Waals surface area contributed by atoms with E-state index in [1.165, 1.54) is 32.6 Å². The van der Waals surface area contributed by atoms with Crippen LogP contribution in [-0.2, 0) is 14.8 Å². The maximum atomic E-state index is 12.2. The lowest BCUT2D eigenvalue weighted by molar-refractivity contribution is 0.0117. The average molecular weight is 340 g/mol. The molecule has 1 aromatic rings. The largest absolute Gasteiger partial charge is 0.378 e. The quantitative estimate of drug-likeness (QED) is 0.854. The van der Waals surface area contributed by atoms with Crippen LogP contribution in [0.1, 0.15) is 36.0 Å². The van der Waals surface area contributed by atoms with Crippen molar-refractivity contribution in [2.75, 3.05) is 27.2 Å². The highest BCUT2D eigenvalue weighted by Crippen LogP contribution is 2.16. The Labute approximate surface area is 137 Å². The lowest BCUT2D eigenvalue weighted by Gasteiger charge is -2.22. The summed E-state index contributed by atoms with van der Waals surface area (Å²) in [5.74, 6) is -0.267. The number of nitrogens with zero attached hydrogens (tertiary/aromatic N) is 1. The first-order chi connectivity index (χ1) is 10.9. The van der Waals surface area contributed by atoms with Crippen LogP contribution in [0.3, 0.4) is 0 Å². The third kappa shape index (κ3) is 4.76. The summed E-state index contributed by atoms with van der Waals surface area (Å²) < 4.78 is 31.0. The number of rotatable bonds is 6. The maximum Gasteiger partial charge on any atom is 0.251 e. The molecule has 0 aromatic heterocycles. The first-order valence-corrected chi connectivity index (χ1v) is 9.27. The minimum absolute atomic E-state index is 0.116. The fourth-order valence-electron chi connectivity index (χ4n) is 2.49. The summed E-state index contributed by atoms with van der Waals surface area (Å²) >= 11 is 0. The van der Waals surface area contributed by atoms with Gasteiger partial charge in [0.2, 0.25) is 10.0 Å². The van der Waals surface area contributed by atoms with Gasteiger partial charge < -0.3 is 10.1 Å². The summed E-state index contributed by atoms with van der Waals surface area (Å²) in [5, 5.41) is 2.83. The van der Waals surface area contributed by atoms with E-state index in [4.69, 9.17) is 4.74 Å². The van der Waals surface area contributed by atoms with Crippen LogP contribution in [0.5, 0.6) is 0 Å². The average Bonchev–Trinajstić information content (AvgIpc) is 2.55. The number of amides is 1. The van der Waals surface area contributed by atoms with Crippen LogP contribution in [0, 0.1) is 0 Å². The van der Waals surface area contributed by atoms with E-state index in [1.54, 1.807) is 12.1 Å². The van der Waals surface area contributed by atoms with Crippen molar-refractivity contribution in [1.29, 1.82) is 0 Å². The first kappa shape index (κ1) is 17.9. The molecule has 0 aliphatic carbocycles. The summed E-state index contributed by atoms with van der Waals surface area (Å²) in [4.78, 5) is 12.3. The van der Waals surface area contributed by atoms with E-state index in [0.29, 0.717) is 12.1 Å². The molecule has 0 bridgehead atoms. The summed E-state index contributed by atoms with van der Waals surface area (Å²) in [6.45, 7) is 1.32. The molecule has 128 valence electrons. The van der Waals surface area contributed by atoms with Crippen molar-refractivity contribution in [2.45, 2.75) is 36.7 Å². The molecule has 23 heavy (non-hydrogen) atoms. The molecule has 1 N–H and O–H groups in total. The zero-order valence-electron chi connectivity index (χ0n) is 13.6. The molecule has 1 aliphatic rings. The molecule has 1 unspecified atom stereocenters. The van der Waals surface area contributed by atoms with E-state index in [1.807, 2.05) is 0 Å². The maximum absolute atomic E-state index is 12.2. The van der Waals surface area contributed by atoms with E-state index in [-0.39, 0.29) is 16.9 Å². The molecule has 1 amide bonds. The van der Waals surface area contributed by atoms with Crippen LogP contribution in [-0.4, -0.2) is 52.0 Å². The van der Waals surface area contributed by atoms with Crippen molar-refractivity contribution in [3.63, 3.8) is 0 Å².